The fourth-order valence-electron chi connectivity index (χ4n) is 1.92. The molecule has 1 heterocycles. The van der Waals surface area contributed by atoms with Crippen molar-refractivity contribution in [3.63, 3.8) is 0 Å². The summed E-state index contributed by atoms with van der Waals surface area (Å²) in [5.74, 6) is 0.785. The molecule has 5 heteroatoms. The number of halogens is 1. The van der Waals surface area contributed by atoms with E-state index in [4.69, 9.17) is 4.52 Å². The summed E-state index contributed by atoms with van der Waals surface area (Å²) >= 11 is 0. The van der Waals surface area contributed by atoms with E-state index in [-0.39, 0.29) is 18.0 Å². The summed E-state index contributed by atoms with van der Waals surface area (Å²) in [6.07, 6.45) is 0.638. The molecule has 4 nitrogen and oxygen atoms in total. The molecule has 0 aliphatic rings. The summed E-state index contributed by atoms with van der Waals surface area (Å²) in [7, 11) is 0. The van der Waals surface area contributed by atoms with E-state index >= 15 is 0 Å². The van der Waals surface area contributed by atoms with Crippen LogP contribution in [0.25, 0.3) is 11.4 Å². The summed E-state index contributed by atoms with van der Waals surface area (Å²) in [5, 5.41) is 3.83. The van der Waals surface area contributed by atoms with E-state index in [0.717, 1.165) is 0 Å². The number of rotatable bonds is 5. The van der Waals surface area contributed by atoms with Gasteiger partial charge in [-0.1, -0.05) is 19.0 Å². The molecule has 0 N–H and O–H groups in total. The third-order valence-electron chi connectivity index (χ3n) is 2.87. The van der Waals surface area contributed by atoms with Crippen molar-refractivity contribution < 1.29 is 13.7 Å². The van der Waals surface area contributed by atoms with Gasteiger partial charge in [-0.3, -0.25) is 4.79 Å². The summed E-state index contributed by atoms with van der Waals surface area (Å²) < 4.78 is 18.3. The number of hydrogen-bond donors (Lipinski definition) is 0. The van der Waals surface area contributed by atoms with Crippen molar-refractivity contribution in [1.29, 1.82) is 0 Å². The van der Waals surface area contributed by atoms with Gasteiger partial charge in [-0.05, 0) is 36.6 Å². The number of hydrogen-bond acceptors (Lipinski definition) is 4. The van der Waals surface area contributed by atoms with Gasteiger partial charge in [0.2, 0.25) is 11.7 Å². The molecule has 0 spiro atoms. The van der Waals surface area contributed by atoms with Gasteiger partial charge in [0.25, 0.3) is 0 Å². The highest BCUT2D eigenvalue weighted by Gasteiger charge is 2.14. The van der Waals surface area contributed by atoms with E-state index in [1.165, 1.54) is 6.07 Å². The lowest BCUT2D eigenvalue weighted by molar-refractivity contribution is -0.119. The van der Waals surface area contributed by atoms with Crippen molar-refractivity contribution in [3.8, 4) is 11.4 Å². The van der Waals surface area contributed by atoms with Crippen molar-refractivity contribution in [2.24, 2.45) is 5.92 Å². The van der Waals surface area contributed by atoms with Crippen LogP contribution in [0.4, 0.5) is 4.39 Å². The standard InChI is InChI=1S/C15H17FN2O2/c1-9(2)6-12(19)8-14-17-15(18-20-14)11-4-5-13(16)10(3)7-11/h4-5,7,9H,6,8H2,1-3H3. The molecular formula is C15H17FN2O2. The van der Waals surface area contributed by atoms with E-state index in [1.807, 2.05) is 13.8 Å². The smallest absolute Gasteiger partial charge is 0.234 e. The molecule has 0 unspecified atom stereocenters. The fourth-order valence-corrected chi connectivity index (χ4v) is 1.92. The zero-order chi connectivity index (χ0) is 14.7. The number of Topliss-reactive ketones (excluding diaryl/α,β-unsaturated/α-hetero) is 1. The SMILES string of the molecule is Cc1cc(-c2noc(CC(=O)CC(C)C)n2)ccc1F. The third-order valence-corrected chi connectivity index (χ3v) is 2.87. The molecule has 1 aromatic heterocycles. The molecule has 0 aliphatic carbocycles. The Morgan fingerprint density at radius 3 is 2.80 bits per heavy atom. The lowest BCUT2D eigenvalue weighted by atomic mass is 10.1. The number of aryl methyl sites for hydroxylation is 1. The first-order valence-corrected chi connectivity index (χ1v) is 6.56. The highest BCUT2D eigenvalue weighted by Crippen LogP contribution is 2.19. The number of aromatic nitrogens is 2. The van der Waals surface area contributed by atoms with Crippen molar-refractivity contribution in [3.05, 3.63) is 35.5 Å². The van der Waals surface area contributed by atoms with Gasteiger partial charge < -0.3 is 4.52 Å². The maximum Gasteiger partial charge on any atom is 0.234 e. The van der Waals surface area contributed by atoms with Gasteiger partial charge in [-0.15, -0.1) is 0 Å². The Morgan fingerprint density at radius 1 is 1.40 bits per heavy atom. The van der Waals surface area contributed by atoms with Crippen LogP contribution in [0, 0.1) is 18.7 Å². The van der Waals surface area contributed by atoms with Gasteiger partial charge >= 0.3 is 0 Å². The van der Waals surface area contributed by atoms with Crippen LogP contribution in [0.2, 0.25) is 0 Å². The van der Waals surface area contributed by atoms with Gasteiger partial charge in [0, 0.05) is 12.0 Å². The van der Waals surface area contributed by atoms with Crippen LogP contribution in [0.3, 0.4) is 0 Å². The quantitative estimate of drug-likeness (QED) is 0.840. The summed E-state index contributed by atoms with van der Waals surface area (Å²) in [6.45, 7) is 5.64. The molecule has 20 heavy (non-hydrogen) atoms. The van der Waals surface area contributed by atoms with Crippen molar-refractivity contribution in [2.75, 3.05) is 0 Å². The summed E-state index contributed by atoms with van der Waals surface area (Å²) in [4.78, 5) is 15.9. The number of benzene rings is 1. The molecule has 106 valence electrons. The van der Waals surface area contributed by atoms with Gasteiger partial charge in [0.15, 0.2) is 0 Å². The molecule has 2 rings (SSSR count). The fraction of sp³-hybridized carbons (Fsp3) is 0.400. The molecule has 0 saturated heterocycles. The number of ketones is 1. The van der Waals surface area contributed by atoms with E-state index in [1.54, 1.807) is 19.1 Å². The molecule has 0 fully saturated rings. The lowest BCUT2D eigenvalue weighted by Gasteiger charge is -2.00. The Labute approximate surface area is 117 Å². The lowest BCUT2D eigenvalue weighted by Crippen LogP contribution is -2.06. The van der Waals surface area contributed by atoms with Gasteiger partial charge in [-0.2, -0.15) is 4.98 Å². The molecule has 0 amide bonds. The van der Waals surface area contributed by atoms with Crippen molar-refractivity contribution in [1.82, 2.24) is 10.1 Å². The Morgan fingerprint density at radius 2 is 2.15 bits per heavy atom. The normalized spacial score (nSPS) is 11.1. The highest BCUT2D eigenvalue weighted by atomic mass is 19.1. The average molecular weight is 276 g/mol. The molecule has 0 atom stereocenters. The van der Waals surface area contributed by atoms with Crippen LogP contribution >= 0.6 is 0 Å². The molecule has 0 saturated carbocycles. The zero-order valence-corrected chi connectivity index (χ0v) is 11.8. The second-order valence-electron chi connectivity index (χ2n) is 5.29. The second kappa shape index (κ2) is 5.94. The number of carbonyl (C=O) groups is 1. The van der Waals surface area contributed by atoms with E-state index in [0.29, 0.717) is 35.2 Å². The summed E-state index contributed by atoms with van der Waals surface area (Å²) in [6, 6.07) is 4.61. The first-order valence-electron chi connectivity index (χ1n) is 6.56. The Hall–Kier alpha value is -2.04. The minimum atomic E-state index is -0.274. The third kappa shape index (κ3) is 3.50. The second-order valence-corrected chi connectivity index (χ2v) is 5.29. The molecule has 1 aromatic carbocycles. The highest BCUT2D eigenvalue weighted by molar-refractivity contribution is 5.80. The largest absolute Gasteiger partial charge is 0.339 e. The van der Waals surface area contributed by atoms with Crippen molar-refractivity contribution >= 4 is 5.78 Å². The minimum absolute atomic E-state index is 0.0745. The van der Waals surface area contributed by atoms with Crippen molar-refractivity contribution in [2.45, 2.75) is 33.6 Å². The molecule has 2 aromatic rings. The average Bonchev–Trinajstić information content (AvgIpc) is 2.80. The maximum atomic E-state index is 13.2. The zero-order valence-electron chi connectivity index (χ0n) is 11.8. The predicted octanol–water partition coefficient (Wildman–Crippen LogP) is 3.34. The van der Waals surface area contributed by atoms with E-state index in [9.17, 15) is 9.18 Å². The van der Waals surface area contributed by atoms with Crippen LogP contribution in [0.15, 0.2) is 22.7 Å². The van der Waals surface area contributed by atoms with Crippen LogP contribution in [-0.2, 0) is 11.2 Å². The van der Waals surface area contributed by atoms with Crippen LogP contribution in [0.1, 0.15) is 31.7 Å². The first kappa shape index (κ1) is 14.4. The topological polar surface area (TPSA) is 56.0 Å². The number of carbonyl (C=O) groups excluding carboxylic acids is 1. The van der Waals surface area contributed by atoms with Crippen LogP contribution in [-0.4, -0.2) is 15.9 Å². The molecular weight excluding hydrogens is 259 g/mol. The van der Waals surface area contributed by atoms with Crippen LogP contribution in [0.5, 0.6) is 0 Å². The predicted molar refractivity (Wildman–Crippen MR) is 72.6 cm³/mol. The van der Waals surface area contributed by atoms with Gasteiger partial charge in [-0.25, -0.2) is 4.39 Å². The maximum absolute atomic E-state index is 13.2. The molecule has 0 bridgehead atoms. The molecule has 0 radical (unpaired) electrons. The van der Waals surface area contributed by atoms with E-state index < -0.39 is 0 Å². The Balaban J connectivity index is 2.12. The Bertz CT molecular complexity index is 620. The van der Waals surface area contributed by atoms with Gasteiger partial charge in [0.1, 0.15) is 11.6 Å². The van der Waals surface area contributed by atoms with Gasteiger partial charge in [0.05, 0.1) is 6.42 Å². The monoisotopic (exact) mass is 276 g/mol. The number of nitrogens with zero attached hydrogens (tertiary/aromatic N) is 2. The first-order chi connectivity index (χ1) is 9.45. The Kier molecular flexibility index (Phi) is 4.27. The minimum Gasteiger partial charge on any atom is -0.339 e. The van der Waals surface area contributed by atoms with E-state index in [2.05, 4.69) is 10.1 Å². The summed E-state index contributed by atoms with van der Waals surface area (Å²) in [5.41, 5.74) is 1.19. The van der Waals surface area contributed by atoms with Crippen LogP contribution < -0.4 is 0 Å². The molecule has 0 aliphatic heterocycles.